The fourth-order valence-electron chi connectivity index (χ4n) is 4.11. The number of esters is 1. The van der Waals surface area contributed by atoms with Gasteiger partial charge in [-0.05, 0) is 61.4 Å². The van der Waals surface area contributed by atoms with Crippen molar-refractivity contribution in [1.29, 1.82) is 0 Å². The second-order valence-electron chi connectivity index (χ2n) is 8.93. The van der Waals surface area contributed by atoms with E-state index in [-0.39, 0.29) is 34.3 Å². The first-order chi connectivity index (χ1) is 21.0. The average Bonchev–Trinajstić information content (AvgIpc) is 3.37. The number of benzene rings is 2. The first-order valence-electron chi connectivity index (χ1n) is 12.7. The van der Waals surface area contributed by atoms with Crippen molar-refractivity contribution in [3.8, 4) is 5.75 Å². The molecule has 2 heterocycles. The molecule has 0 aliphatic carbocycles. The molecule has 0 fully saturated rings. The third kappa shape index (κ3) is 6.90. The van der Waals surface area contributed by atoms with Gasteiger partial charge in [0.25, 0.3) is 11.8 Å². The molecule has 4 N–H and O–H groups in total. The lowest BCUT2D eigenvalue weighted by Gasteiger charge is -2.24. The van der Waals surface area contributed by atoms with Gasteiger partial charge in [-0.3, -0.25) is 9.59 Å². The van der Waals surface area contributed by atoms with Gasteiger partial charge in [0.05, 0.1) is 16.8 Å². The van der Waals surface area contributed by atoms with Crippen LogP contribution in [0.3, 0.4) is 0 Å². The Labute approximate surface area is 251 Å². The van der Waals surface area contributed by atoms with Crippen LogP contribution in [0.4, 0.5) is 16.3 Å². The second kappa shape index (κ2) is 13.9. The molecule has 0 radical (unpaired) electrons. The summed E-state index contributed by atoms with van der Waals surface area (Å²) in [5.41, 5.74) is 2.19. The summed E-state index contributed by atoms with van der Waals surface area (Å²) in [6, 6.07) is 9.97. The highest BCUT2D eigenvalue weighted by Gasteiger charge is 2.29. The van der Waals surface area contributed by atoms with Crippen LogP contribution >= 0.6 is 8.60 Å². The maximum Gasteiger partial charge on any atom is 0.423 e. The van der Waals surface area contributed by atoms with Gasteiger partial charge in [-0.2, -0.15) is 5.10 Å². The summed E-state index contributed by atoms with van der Waals surface area (Å²) in [4.78, 5) is 78.8. The molecule has 3 amide bonds. The molecule has 17 heteroatoms. The first-order valence-corrected chi connectivity index (χ1v) is 13.9. The van der Waals surface area contributed by atoms with E-state index in [0.29, 0.717) is 22.2 Å². The van der Waals surface area contributed by atoms with Crippen LogP contribution in [0.5, 0.6) is 5.75 Å². The highest BCUT2D eigenvalue weighted by atomic mass is 31.2. The van der Waals surface area contributed by atoms with Crippen molar-refractivity contribution in [3.05, 3.63) is 82.8 Å². The van der Waals surface area contributed by atoms with Crippen LogP contribution in [0.15, 0.2) is 55.0 Å². The van der Waals surface area contributed by atoms with Gasteiger partial charge >= 0.3 is 20.7 Å². The van der Waals surface area contributed by atoms with Crippen LogP contribution in [-0.2, 0) is 14.1 Å². The molecule has 0 aliphatic heterocycles. The van der Waals surface area contributed by atoms with Crippen molar-refractivity contribution in [2.24, 2.45) is 0 Å². The number of nitrogens with zero attached hydrogens (tertiary/aromatic N) is 4. The van der Waals surface area contributed by atoms with E-state index < -0.39 is 33.4 Å². The zero-order valence-electron chi connectivity index (χ0n) is 23.8. The molecule has 0 bridgehead atoms. The molecule has 0 unspecified atom stereocenters. The Morgan fingerprint density at radius 1 is 0.955 bits per heavy atom. The molecule has 0 saturated carbocycles. The highest BCUT2D eigenvalue weighted by molar-refractivity contribution is 7.39. The molecule has 44 heavy (non-hydrogen) atoms. The summed E-state index contributed by atoms with van der Waals surface area (Å²) >= 11 is 0. The fourth-order valence-corrected chi connectivity index (χ4v) is 4.26. The highest BCUT2D eigenvalue weighted by Crippen LogP contribution is 2.34. The van der Waals surface area contributed by atoms with E-state index in [9.17, 15) is 19.2 Å². The minimum absolute atomic E-state index is 0.0355. The van der Waals surface area contributed by atoms with Crippen LogP contribution in [0.1, 0.15) is 42.2 Å². The standard InChI is InChI=1S/C27H27N6O10P/c1-15-5-6-18(24(34)28-3)11-21(15)33(23-22-16(2)20(25(35)29-4)12-32(22)31-13-30-23)27(37)41-14-40-26(36)17-7-9-19(10-8-17)42-43-44(38)39/h5-13,38-39H,14H2,1-4H3,(H,28,34)(H,29,35). The summed E-state index contributed by atoms with van der Waals surface area (Å²) in [7, 11) is 0.214. The monoisotopic (exact) mass is 626 g/mol. The number of carbonyl (C=O) groups is 4. The Kier molecular flexibility index (Phi) is 10.0. The molecule has 4 rings (SSSR count). The van der Waals surface area contributed by atoms with Crippen molar-refractivity contribution in [1.82, 2.24) is 25.2 Å². The fraction of sp³-hybridized carbons (Fsp3) is 0.185. The third-order valence-corrected chi connectivity index (χ3v) is 6.48. The van der Waals surface area contributed by atoms with E-state index in [4.69, 9.17) is 19.3 Å². The maximum absolute atomic E-state index is 13.7. The summed E-state index contributed by atoms with van der Waals surface area (Å²) < 4.78 is 16.1. The van der Waals surface area contributed by atoms with Crippen LogP contribution in [0.2, 0.25) is 0 Å². The van der Waals surface area contributed by atoms with Crippen LogP contribution < -0.4 is 20.4 Å². The number of nitrogens with one attached hydrogen (secondary N) is 2. The number of hydrogen-bond donors (Lipinski definition) is 4. The summed E-state index contributed by atoms with van der Waals surface area (Å²) in [6.07, 6.45) is 1.67. The molecule has 2 aromatic carbocycles. The Morgan fingerprint density at radius 2 is 1.64 bits per heavy atom. The lowest BCUT2D eigenvalue weighted by molar-refractivity contribution is -0.109. The number of aromatic nitrogens is 3. The van der Waals surface area contributed by atoms with E-state index in [1.54, 1.807) is 26.0 Å². The van der Waals surface area contributed by atoms with Gasteiger partial charge in [0.2, 0.25) is 6.79 Å². The lowest BCUT2D eigenvalue weighted by atomic mass is 10.1. The van der Waals surface area contributed by atoms with Crippen LogP contribution in [0.25, 0.3) is 5.52 Å². The van der Waals surface area contributed by atoms with E-state index in [1.165, 1.54) is 61.5 Å². The van der Waals surface area contributed by atoms with Gasteiger partial charge < -0.3 is 34.8 Å². The van der Waals surface area contributed by atoms with Gasteiger partial charge in [0, 0.05) is 25.9 Å². The van der Waals surface area contributed by atoms with E-state index in [0.717, 1.165) is 4.90 Å². The number of amides is 3. The average molecular weight is 627 g/mol. The number of hydrogen-bond acceptors (Lipinski definition) is 12. The Hall–Kier alpha value is -5.15. The zero-order chi connectivity index (χ0) is 32.0. The van der Waals surface area contributed by atoms with E-state index >= 15 is 0 Å². The minimum Gasteiger partial charge on any atom is -0.424 e. The predicted octanol–water partition coefficient (Wildman–Crippen LogP) is 2.68. The van der Waals surface area contributed by atoms with Crippen molar-refractivity contribution in [2.45, 2.75) is 13.8 Å². The van der Waals surface area contributed by atoms with Gasteiger partial charge in [-0.1, -0.05) is 6.07 Å². The minimum atomic E-state index is -2.73. The zero-order valence-corrected chi connectivity index (χ0v) is 24.7. The Morgan fingerprint density at radius 3 is 2.30 bits per heavy atom. The molecule has 16 nitrogen and oxygen atoms in total. The van der Waals surface area contributed by atoms with E-state index in [2.05, 4.69) is 30.3 Å². The third-order valence-electron chi connectivity index (χ3n) is 6.28. The van der Waals surface area contributed by atoms with Crippen molar-refractivity contribution >= 4 is 49.5 Å². The molecular formula is C27H27N6O10P. The number of aryl methyl sites for hydroxylation is 2. The molecule has 0 saturated heterocycles. The first kappa shape index (κ1) is 31.8. The van der Waals surface area contributed by atoms with Gasteiger partial charge in [0.1, 0.15) is 11.8 Å². The van der Waals surface area contributed by atoms with Gasteiger partial charge in [-0.25, -0.2) is 24.0 Å². The van der Waals surface area contributed by atoms with Crippen LogP contribution in [0, 0.1) is 13.8 Å². The SMILES string of the molecule is CNC(=O)c1ccc(C)c(N(C(=O)OCOC(=O)c2ccc(OOP(O)O)cc2)c2ncnn3cc(C(=O)NC)c(C)c23)c1. The number of ether oxygens (including phenoxy) is 2. The molecule has 2 aromatic heterocycles. The number of carbonyl (C=O) groups excluding carboxylic acids is 4. The maximum atomic E-state index is 13.7. The number of anilines is 2. The van der Waals surface area contributed by atoms with Crippen molar-refractivity contribution in [2.75, 3.05) is 25.8 Å². The van der Waals surface area contributed by atoms with Crippen molar-refractivity contribution < 1.29 is 48.0 Å². The molecular weight excluding hydrogens is 599 g/mol. The molecule has 4 aromatic rings. The number of fused-ring (bicyclic) bond motifs is 1. The van der Waals surface area contributed by atoms with Gasteiger partial charge in [0.15, 0.2) is 11.6 Å². The topological polar surface area (TPSA) is 203 Å². The predicted molar refractivity (Wildman–Crippen MR) is 154 cm³/mol. The molecule has 0 spiro atoms. The summed E-state index contributed by atoms with van der Waals surface area (Å²) in [5, 5.41) is 9.26. The smallest absolute Gasteiger partial charge is 0.423 e. The normalized spacial score (nSPS) is 10.8. The van der Waals surface area contributed by atoms with Crippen molar-refractivity contribution in [3.63, 3.8) is 0 Å². The quantitative estimate of drug-likeness (QED) is 0.0660. The largest absolute Gasteiger partial charge is 0.424 e. The Bertz CT molecular complexity index is 1710. The summed E-state index contributed by atoms with van der Waals surface area (Å²) in [6.45, 7) is 2.58. The Balaban J connectivity index is 1.65. The molecule has 230 valence electrons. The second-order valence-corrected chi connectivity index (χ2v) is 9.59. The number of rotatable bonds is 10. The van der Waals surface area contributed by atoms with Crippen LogP contribution in [-0.4, -0.2) is 69.2 Å². The van der Waals surface area contributed by atoms with Gasteiger partial charge in [-0.15, -0.1) is 4.67 Å². The van der Waals surface area contributed by atoms with E-state index in [1.807, 2.05) is 0 Å². The molecule has 0 atom stereocenters. The summed E-state index contributed by atoms with van der Waals surface area (Å²) in [5.74, 6) is -1.50. The lowest BCUT2D eigenvalue weighted by Crippen LogP contribution is -2.30. The molecule has 0 aliphatic rings.